The van der Waals surface area contributed by atoms with Crippen LogP contribution in [0.4, 0.5) is 9.59 Å². The number of hydrogen-bond acceptors (Lipinski definition) is 12. The van der Waals surface area contributed by atoms with Gasteiger partial charge in [-0.25, -0.2) is 9.59 Å². The molecule has 16 nitrogen and oxygen atoms in total. The molecule has 226 valence electrons. The lowest BCUT2D eigenvalue weighted by molar-refractivity contribution is -0.113. The van der Waals surface area contributed by atoms with E-state index in [4.69, 9.17) is 10.2 Å². The van der Waals surface area contributed by atoms with Crippen molar-refractivity contribution in [3.63, 3.8) is 0 Å². The summed E-state index contributed by atoms with van der Waals surface area (Å²) in [5.41, 5.74) is 0. The first-order valence-electron chi connectivity index (χ1n) is 12.7. The van der Waals surface area contributed by atoms with Gasteiger partial charge in [-0.3, -0.25) is 0 Å². The van der Waals surface area contributed by atoms with Gasteiger partial charge >= 0.3 is 12.1 Å². The second kappa shape index (κ2) is 21.0. The molecule has 38 heavy (non-hydrogen) atoms. The zero-order valence-electron chi connectivity index (χ0n) is 21.4. The van der Waals surface area contributed by atoms with Gasteiger partial charge < -0.3 is 72.3 Å². The molecule has 16 heteroatoms. The Morgan fingerprint density at radius 3 is 1.05 bits per heavy atom. The summed E-state index contributed by atoms with van der Waals surface area (Å²) in [5.74, 6) is 0. The van der Waals surface area contributed by atoms with Gasteiger partial charge in [0.05, 0.1) is 25.4 Å². The van der Waals surface area contributed by atoms with Crippen LogP contribution in [0.3, 0.4) is 0 Å². The van der Waals surface area contributed by atoms with E-state index >= 15 is 0 Å². The van der Waals surface area contributed by atoms with Gasteiger partial charge in [0.15, 0.2) is 0 Å². The van der Waals surface area contributed by atoms with E-state index in [-0.39, 0.29) is 13.1 Å². The van der Waals surface area contributed by atoms with Gasteiger partial charge in [0.2, 0.25) is 0 Å². The standard InChI is InChI=1S/C22H46N4O12/c27-11-15(31)19(35)17(33)13(29)9-25-21(37)23-7-5-3-1-2-4-6-8-24-22(38)26-10-14(30)18(34)20(36)16(32)12-28/h13-20,27-36H,1-12H2,(H2,23,25,37)(H2,24,26,38)/t13-,14-,15+,16+,17+,18+,19+,20+/m0/s1. The molecule has 0 fully saturated rings. The van der Waals surface area contributed by atoms with Crippen molar-refractivity contribution in [1.29, 1.82) is 0 Å². The molecule has 14 N–H and O–H groups in total. The number of rotatable bonds is 21. The van der Waals surface area contributed by atoms with Crippen LogP contribution < -0.4 is 21.3 Å². The van der Waals surface area contributed by atoms with Crippen LogP contribution in [0.2, 0.25) is 0 Å². The minimum Gasteiger partial charge on any atom is -0.394 e. The van der Waals surface area contributed by atoms with Gasteiger partial charge in [-0.1, -0.05) is 25.7 Å². The molecule has 0 rings (SSSR count). The topological polar surface area (TPSA) is 285 Å². The summed E-state index contributed by atoms with van der Waals surface area (Å²) < 4.78 is 0. The van der Waals surface area contributed by atoms with E-state index in [0.717, 1.165) is 25.7 Å². The lowest BCUT2D eigenvalue weighted by atomic mass is 10.0. The molecule has 0 bridgehead atoms. The summed E-state index contributed by atoms with van der Waals surface area (Å²) in [6.45, 7) is -1.55. The molecule has 4 amide bonds. The molecule has 0 unspecified atom stereocenters. The predicted molar refractivity (Wildman–Crippen MR) is 133 cm³/mol. The van der Waals surface area contributed by atoms with E-state index < -0.39 is 74.1 Å². The molecule has 0 aromatic heterocycles. The SMILES string of the molecule is O=C(NCCCCCCCCNC(=O)NC[C@H](O)[C@@H](O)[C@H](O)[C@H](O)CO)NC[C@H](O)[C@@H](O)[C@H](O)[C@H](O)CO. The highest BCUT2D eigenvalue weighted by atomic mass is 16.4. The molecular formula is C22H46N4O12. The van der Waals surface area contributed by atoms with Crippen LogP contribution in [-0.4, -0.2) is 151 Å². The quantitative estimate of drug-likeness (QED) is 0.0588. The number of amides is 4. The number of aliphatic hydroxyl groups excluding tert-OH is 10. The fraction of sp³-hybridized carbons (Fsp3) is 0.909. The molecule has 0 aromatic carbocycles. The summed E-state index contributed by atoms with van der Waals surface area (Å²) in [7, 11) is 0. The Kier molecular flexibility index (Phi) is 20.0. The van der Waals surface area contributed by atoms with Crippen molar-refractivity contribution >= 4 is 12.1 Å². The summed E-state index contributed by atoms with van der Waals surface area (Å²) >= 11 is 0. The summed E-state index contributed by atoms with van der Waals surface area (Å²) in [4.78, 5) is 23.4. The van der Waals surface area contributed by atoms with Crippen LogP contribution in [0.5, 0.6) is 0 Å². The second-order valence-corrected chi connectivity index (χ2v) is 8.99. The minimum absolute atomic E-state index is 0.366. The van der Waals surface area contributed by atoms with E-state index in [0.29, 0.717) is 25.9 Å². The van der Waals surface area contributed by atoms with Crippen molar-refractivity contribution < 1.29 is 60.7 Å². The number of nitrogens with one attached hydrogen (secondary N) is 4. The highest BCUT2D eigenvalue weighted by molar-refractivity contribution is 5.74. The molecule has 0 aliphatic carbocycles. The molecule has 0 heterocycles. The van der Waals surface area contributed by atoms with Crippen LogP contribution in [0.15, 0.2) is 0 Å². The summed E-state index contributed by atoms with van der Waals surface area (Å²) in [6.07, 6.45) is -8.43. The van der Waals surface area contributed by atoms with Crippen molar-refractivity contribution in [2.75, 3.05) is 39.4 Å². The predicted octanol–water partition coefficient (Wildman–Crippen LogP) is -5.20. The monoisotopic (exact) mass is 558 g/mol. The van der Waals surface area contributed by atoms with E-state index in [2.05, 4.69) is 21.3 Å². The Morgan fingerprint density at radius 1 is 0.447 bits per heavy atom. The van der Waals surface area contributed by atoms with Gasteiger partial charge in [0.25, 0.3) is 0 Å². The molecule has 0 aliphatic heterocycles. The molecule has 0 radical (unpaired) electrons. The Bertz CT molecular complexity index is 583. The maximum absolute atomic E-state index is 11.7. The highest BCUT2D eigenvalue weighted by Gasteiger charge is 2.31. The Hall–Kier alpha value is -1.86. The molecule has 0 aliphatic rings. The minimum atomic E-state index is -1.76. The molecule has 0 saturated carbocycles. The highest BCUT2D eigenvalue weighted by Crippen LogP contribution is 2.06. The first-order valence-corrected chi connectivity index (χ1v) is 12.7. The Balaban J connectivity index is 3.73. The lowest BCUT2D eigenvalue weighted by Crippen LogP contribution is -2.50. The normalized spacial score (nSPS) is 17.8. The van der Waals surface area contributed by atoms with E-state index in [1.54, 1.807) is 0 Å². The molecular weight excluding hydrogens is 512 g/mol. The smallest absolute Gasteiger partial charge is 0.314 e. The summed E-state index contributed by atoms with van der Waals surface area (Å²) in [6, 6.07) is -1.14. The van der Waals surface area contributed by atoms with Crippen molar-refractivity contribution in [3.8, 4) is 0 Å². The number of carbonyl (C=O) groups is 2. The third kappa shape index (κ3) is 15.5. The first kappa shape index (κ1) is 36.1. The zero-order valence-corrected chi connectivity index (χ0v) is 21.4. The van der Waals surface area contributed by atoms with Crippen LogP contribution >= 0.6 is 0 Å². The van der Waals surface area contributed by atoms with Crippen molar-refractivity contribution in [2.45, 2.75) is 87.4 Å². The van der Waals surface area contributed by atoms with Crippen LogP contribution in [0, 0.1) is 0 Å². The third-order valence-corrected chi connectivity index (χ3v) is 5.77. The largest absolute Gasteiger partial charge is 0.394 e. The molecule has 0 saturated heterocycles. The summed E-state index contributed by atoms with van der Waals surface area (Å²) in [5, 5.41) is 104. The number of carbonyl (C=O) groups excluding carboxylic acids is 2. The Morgan fingerprint density at radius 2 is 0.737 bits per heavy atom. The fourth-order valence-corrected chi connectivity index (χ4v) is 3.25. The molecule has 0 spiro atoms. The second-order valence-electron chi connectivity index (χ2n) is 8.99. The lowest BCUT2D eigenvalue weighted by Gasteiger charge is -2.25. The molecule has 8 atom stereocenters. The van der Waals surface area contributed by atoms with Crippen LogP contribution in [0.1, 0.15) is 38.5 Å². The van der Waals surface area contributed by atoms with Gasteiger partial charge in [-0.2, -0.15) is 0 Å². The number of urea groups is 2. The number of unbranched alkanes of at least 4 members (excludes halogenated alkanes) is 5. The van der Waals surface area contributed by atoms with Crippen molar-refractivity contribution in [1.82, 2.24) is 21.3 Å². The van der Waals surface area contributed by atoms with Gasteiger partial charge in [-0.05, 0) is 12.8 Å². The van der Waals surface area contributed by atoms with E-state index in [1.807, 2.05) is 0 Å². The zero-order chi connectivity index (χ0) is 29.1. The van der Waals surface area contributed by atoms with Crippen molar-refractivity contribution in [2.24, 2.45) is 0 Å². The number of hydrogen-bond donors (Lipinski definition) is 14. The average Bonchev–Trinajstić information content (AvgIpc) is 2.92. The van der Waals surface area contributed by atoms with Crippen molar-refractivity contribution in [3.05, 3.63) is 0 Å². The van der Waals surface area contributed by atoms with Gasteiger partial charge in [0, 0.05) is 26.2 Å². The Labute approximate surface area is 221 Å². The average molecular weight is 559 g/mol. The van der Waals surface area contributed by atoms with E-state index in [1.165, 1.54) is 0 Å². The van der Waals surface area contributed by atoms with Gasteiger partial charge in [0.1, 0.15) is 36.6 Å². The fourth-order valence-electron chi connectivity index (χ4n) is 3.25. The number of aliphatic hydroxyl groups is 10. The maximum atomic E-state index is 11.7. The van der Waals surface area contributed by atoms with E-state index in [9.17, 15) is 50.4 Å². The van der Waals surface area contributed by atoms with Crippen LogP contribution in [-0.2, 0) is 0 Å². The first-order chi connectivity index (χ1) is 18.0. The third-order valence-electron chi connectivity index (χ3n) is 5.77. The van der Waals surface area contributed by atoms with Crippen LogP contribution in [0.25, 0.3) is 0 Å². The van der Waals surface area contributed by atoms with Gasteiger partial charge in [-0.15, -0.1) is 0 Å². The molecule has 0 aromatic rings. The maximum Gasteiger partial charge on any atom is 0.314 e.